The molecule has 0 aliphatic heterocycles. The largest absolute Gasteiger partial charge is 0.456 e. The van der Waals surface area contributed by atoms with Crippen molar-refractivity contribution in [2.45, 2.75) is 83.0 Å². The van der Waals surface area contributed by atoms with E-state index >= 15 is 4.39 Å². The maximum atomic E-state index is 17.1. The van der Waals surface area contributed by atoms with Gasteiger partial charge in [-0.05, 0) is 61.2 Å². The molecule has 0 heterocycles. The smallest absolute Gasteiger partial charge is 0.338 e. The van der Waals surface area contributed by atoms with Crippen LogP contribution in [-0.2, 0) is 19.1 Å². The normalized spacial score (nSPS) is 48.9. The van der Waals surface area contributed by atoms with Crippen molar-refractivity contribution in [3.05, 3.63) is 0 Å². The zero-order valence-electron chi connectivity index (χ0n) is 19.1. The number of Topliss-reactive ketones (excluding diaryl/α,β-unsaturated/α-hetero) is 2. The molecule has 4 aliphatic rings. The third-order valence-corrected chi connectivity index (χ3v) is 10.0. The Kier molecular flexibility index (Phi) is 6.04. The molecule has 180 valence electrons. The van der Waals surface area contributed by atoms with Gasteiger partial charge in [0.1, 0.15) is 18.1 Å². The number of hydrogen-bond donors (Lipinski definition) is 2. The first-order valence-corrected chi connectivity index (χ1v) is 12.3. The second-order valence-electron chi connectivity index (χ2n) is 11.3. The first-order valence-electron chi connectivity index (χ1n) is 11.8. The van der Waals surface area contributed by atoms with Gasteiger partial charge in [0, 0.05) is 24.2 Å². The third kappa shape index (κ3) is 3.29. The number of aliphatic hydroxyl groups is 1. The summed E-state index contributed by atoms with van der Waals surface area (Å²) in [4.78, 5) is 36.9. The molecule has 4 rings (SSSR count). The monoisotopic (exact) mass is 471 g/mol. The van der Waals surface area contributed by atoms with Gasteiger partial charge in [-0.15, -0.1) is 0 Å². The summed E-state index contributed by atoms with van der Waals surface area (Å²) in [6.45, 7) is 5.48. The summed E-state index contributed by atoms with van der Waals surface area (Å²) in [6, 6.07) is 0. The molecule has 10 atom stereocenters. The number of hydrogen-bond acceptors (Lipinski definition) is 6. The van der Waals surface area contributed by atoms with Gasteiger partial charge in [0.15, 0.2) is 11.3 Å². The molecule has 32 heavy (non-hydrogen) atoms. The van der Waals surface area contributed by atoms with Crippen LogP contribution in [0.4, 0.5) is 4.39 Å². The number of esters is 1. The first kappa shape index (κ1) is 24.1. The Morgan fingerprint density at radius 3 is 2.66 bits per heavy atom. The van der Waals surface area contributed by atoms with Crippen LogP contribution in [0.5, 0.6) is 0 Å². The molecule has 0 aromatic carbocycles. The minimum atomic E-state index is -1.77. The highest BCUT2D eigenvalue weighted by Gasteiger charge is 2.72. The van der Waals surface area contributed by atoms with Crippen molar-refractivity contribution in [2.75, 3.05) is 6.61 Å². The van der Waals surface area contributed by atoms with Gasteiger partial charge in [-0.2, -0.15) is 0 Å². The fourth-order valence-electron chi connectivity index (χ4n) is 8.42. The Bertz CT molecular complexity index is 822. The molecule has 8 unspecified atom stereocenters. The fourth-order valence-corrected chi connectivity index (χ4v) is 8.48. The van der Waals surface area contributed by atoms with Crippen molar-refractivity contribution >= 4 is 29.1 Å². The summed E-state index contributed by atoms with van der Waals surface area (Å²) in [7, 11) is 0. The number of alkyl halides is 2. The molecule has 0 radical (unpaired) electrons. The zero-order chi connectivity index (χ0) is 23.6. The maximum Gasteiger partial charge on any atom is 0.338 e. The van der Waals surface area contributed by atoms with Gasteiger partial charge >= 0.3 is 5.97 Å². The predicted molar refractivity (Wildman–Crippen MR) is 116 cm³/mol. The minimum Gasteiger partial charge on any atom is -0.456 e. The molecule has 0 spiro atoms. The Morgan fingerprint density at radius 2 is 2.00 bits per heavy atom. The Balaban J connectivity index is 1.62. The van der Waals surface area contributed by atoms with Crippen LogP contribution in [0.1, 0.15) is 65.7 Å². The lowest BCUT2D eigenvalue weighted by atomic mass is 9.42. The van der Waals surface area contributed by atoms with E-state index in [0.717, 1.165) is 6.42 Å². The number of aliphatic hydroxyl groups excluding tert-OH is 1. The number of fused-ring (bicyclic) bond motifs is 5. The van der Waals surface area contributed by atoms with Crippen LogP contribution in [0.3, 0.4) is 0 Å². The van der Waals surface area contributed by atoms with Crippen molar-refractivity contribution in [3.8, 4) is 0 Å². The van der Waals surface area contributed by atoms with Gasteiger partial charge in [0.25, 0.3) is 0 Å². The highest BCUT2D eigenvalue weighted by atomic mass is 35.5. The summed E-state index contributed by atoms with van der Waals surface area (Å²) in [5, 5.41) is 11.3. The van der Waals surface area contributed by atoms with Crippen molar-refractivity contribution < 1.29 is 28.6 Å². The molecule has 3 N–H and O–H groups in total. The lowest BCUT2D eigenvalue weighted by molar-refractivity contribution is -0.242. The quantitative estimate of drug-likeness (QED) is 0.370. The van der Waals surface area contributed by atoms with Crippen LogP contribution in [0.15, 0.2) is 0 Å². The van der Waals surface area contributed by atoms with Crippen molar-refractivity contribution in [2.24, 2.45) is 46.2 Å². The molecule has 8 heteroatoms. The number of ketones is 2. The maximum absolute atomic E-state index is 17.1. The SMILES string of the molecule is C[C@H]1CC2C3CCC4CC(=O)CCC4(C)C3(F)[C@@H](O)CC2(C)C1C(=O)COC(=O)C(N)Cl. The van der Waals surface area contributed by atoms with Crippen LogP contribution in [0.25, 0.3) is 0 Å². The number of nitrogens with two attached hydrogens (primary N) is 1. The number of ether oxygens (including phenoxy) is 1. The van der Waals surface area contributed by atoms with E-state index in [-0.39, 0.29) is 41.7 Å². The van der Waals surface area contributed by atoms with Crippen molar-refractivity contribution in [1.29, 1.82) is 0 Å². The molecule has 6 nitrogen and oxygen atoms in total. The number of carbonyl (C=O) groups is 3. The average molecular weight is 472 g/mol. The zero-order valence-corrected chi connectivity index (χ0v) is 19.9. The topological polar surface area (TPSA) is 107 Å². The fraction of sp³-hybridized carbons (Fsp3) is 0.875. The molecule has 0 aromatic rings. The van der Waals surface area contributed by atoms with Gasteiger partial charge in [0.2, 0.25) is 0 Å². The number of carbonyl (C=O) groups excluding carboxylic acids is 3. The Labute approximate surface area is 193 Å². The van der Waals surface area contributed by atoms with Crippen LogP contribution >= 0.6 is 11.6 Å². The molecule has 0 aromatic heterocycles. The van der Waals surface area contributed by atoms with E-state index in [4.69, 9.17) is 22.1 Å². The van der Waals surface area contributed by atoms with Gasteiger partial charge in [0.05, 0.1) is 6.10 Å². The predicted octanol–water partition coefficient (Wildman–Crippen LogP) is 3.16. The van der Waals surface area contributed by atoms with E-state index in [9.17, 15) is 19.5 Å². The van der Waals surface area contributed by atoms with Crippen molar-refractivity contribution in [3.63, 3.8) is 0 Å². The summed E-state index contributed by atoms with van der Waals surface area (Å²) < 4.78 is 22.1. The lowest BCUT2D eigenvalue weighted by Crippen LogP contribution is -2.69. The molecule has 4 aliphatic carbocycles. The Hall–Kier alpha value is -1.05. The van der Waals surface area contributed by atoms with Gasteiger partial charge in [-0.3, -0.25) is 9.59 Å². The van der Waals surface area contributed by atoms with E-state index < -0.39 is 46.6 Å². The lowest BCUT2D eigenvalue weighted by Gasteiger charge is -2.64. The number of rotatable bonds is 4. The Morgan fingerprint density at radius 1 is 1.31 bits per heavy atom. The molecular formula is C24H35ClFNO5. The van der Waals surface area contributed by atoms with E-state index in [1.807, 2.05) is 20.8 Å². The van der Waals surface area contributed by atoms with Gasteiger partial charge in [-0.1, -0.05) is 32.4 Å². The van der Waals surface area contributed by atoms with E-state index in [1.54, 1.807) is 0 Å². The van der Waals surface area contributed by atoms with E-state index in [0.29, 0.717) is 32.1 Å². The van der Waals surface area contributed by atoms with E-state index in [1.165, 1.54) is 0 Å². The van der Waals surface area contributed by atoms with Crippen LogP contribution in [0, 0.1) is 40.4 Å². The minimum absolute atomic E-state index is 0.0195. The molecule has 4 fully saturated rings. The van der Waals surface area contributed by atoms with Gasteiger partial charge < -0.3 is 15.6 Å². The standard InChI is InChI=1S/C24H35ClFNO5/c1-12-8-16-15-5-4-13-9-14(28)6-7-23(13,3)24(15,26)18(30)10-22(16,2)19(12)17(29)11-32-21(31)20(25)27/h12-13,15-16,18-20,30H,4-11,27H2,1-3H3/t12-,13?,15?,16?,18-,19?,20?,22?,23?,24?/m0/s1. The highest BCUT2D eigenvalue weighted by molar-refractivity contribution is 6.29. The third-order valence-electron chi connectivity index (χ3n) is 9.82. The summed E-state index contributed by atoms with van der Waals surface area (Å²) in [5.41, 5.74) is 0.889. The first-order chi connectivity index (χ1) is 14.9. The van der Waals surface area contributed by atoms with E-state index in [2.05, 4.69) is 0 Å². The number of halogens is 2. The molecule has 0 amide bonds. The second-order valence-corrected chi connectivity index (χ2v) is 11.8. The van der Waals surface area contributed by atoms with Crippen LogP contribution in [0.2, 0.25) is 0 Å². The molecular weight excluding hydrogens is 437 g/mol. The molecule has 0 bridgehead atoms. The van der Waals surface area contributed by atoms with Crippen LogP contribution < -0.4 is 5.73 Å². The van der Waals surface area contributed by atoms with Gasteiger partial charge in [-0.25, -0.2) is 9.18 Å². The molecule has 0 saturated heterocycles. The van der Waals surface area contributed by atoms with Crippen molar-refractivity contribution in [1.82, 2.24) is 0 Å². The van der Waals surface area contributed by atoms with Crippen LogP contribution in [-0.4, -0.2) is 46.5 Å². The average Bonchev–Trinajstić information content (AvgIpc) is 2.97. The molecule has 4 saturated carbocycles. The summed E-state index contributed by atoms with van der Waals surface area (Å²) >= 11 is 5.52. The summed E-state index contributed by atoms with van der Waals surface area (Å²) in [5.74, 6) is -1.80. The second kappa shape index (κ2) is 8.02. The summed E-state index contributed by atoms with van der Waals surface area (Å²) in [6.07, 6.45) is 2.30. The highest BCUT2D eigenvalue weighted by Crippen LogP contribution is 2.70.